The Balaban J connectivity index is 1.72. The number of aryl methyl sites for hydroxylation is 1. The van der Waals surface area contributed by atoms with Crippen LogP contribution in [0.4, 0.5) is 8.78 Å². The maximum Gasteiger partial charge on any atom is 0.295 e. The van der Waals surface area contributed by atoms with Crippen LogP contribution < -0.4 is 9.67 Å². The molecule has 1 atom stereocenters. The van der Waals surface area contributed by atoms with Gasteiger partial charge in [0.05, 0.1) is 12.6 Å². The van der Waals surface area contributed by atoms with Crippen LogP contribution in [0.2, 0.25) is 0 Å². The molecular formula is C23H19F2N3O3. The Hall–Kier alpha value is -3.81. The summed E-state index contributed by atoms with van der Waals surface area (Å²) in [6.45, 7) is 0.823. The number of hydrogen-bond acceptors (Lipinski definition) is 3. The van der Waals surface area contributed by atoms with Crippen molar-refractivity contribution in [3.05, 3.63) is 95.6 Å². The van der Waals surface area contributed by atoms with E-state index in [4.69, 9.17) is 0 Å². The zero-order chi connectivity index (χ0) is 22.0. The molecule has 2 aromatic carbocycles. The summed E-state index contributed by atoms with van der Waals surface area (Å²) in [4.78, 5) is 29.9. The minimum Gasteiger partial charge on any atom is -0.872 e. The highest BCUT2D eigenvalue weighted by Crippen LogP contribution is 2.38. The highest BCUT2D eigenvalue weighted by molar-refractivity contribution is 6.46. The molecule has 2 heterocycles. The van der Waals surface area contributed by atoms with Crippen molar-refractivity contribution in [1.82, 2.24) is 9.88 Å². The molecule has 8 heteroatoms. The van der Waals surface area contributed by atoms with Gasteiger partial charge in [0.15, 0.2) is 0 Å². The van der Waals surface area contributed by atoms with Gasteiger partial charge in [0.25, 0.3) is 5.91 Å². The number of halogens is 2. The molecule has 1 amide bonds. The number of benzene rings is 2. The summed E-state index contributed by atoms with van der Waals surface area (Å²) in [5, 5.41) is 13.1. The summed E-state index contributed by atoms with van der Waals surface area (Å²) in [6.07, 6.45) is 5.91. The van der Waals surface area contributed by atoms with Crippen molar-refractivity contribution in [3.8, 4) is 0 Å². The summed E-state index contributed by atoms with van der Waals surface area (Å²) in [5.41, 5.74) is 0.354. The van der Waals surface area contributed by atoms with E-state index < -0.39 is 35.1 Å². The van der Waals surface area contributed by atoms with Crippen LogP contribution in [-0.4, -0.2) is 28.1 Å². The second kappa shape index (κ2) is 8.51. The van der Waals surface area contributed by atoms with E-state index in [-0.39, 0.29) is 17.7 Å². The van der Waals surface area contributed by atoms with Gasteiger partial charge in [0.1, 0.15) is 24.0 Å². The van der Waals surface area contributed by atoms with Crippen molar-refractivity contribution in [1.29, 1.82) is 0 Å². The van der Waals surface area contributed by atoms with Gasteiger partial charge in [0, 0.05) is 18.5 Å². The maximum absolute atomic E-state index is 13.5. The molecule has 0 radical (unpaired) electrons. The van der Waals surface area contributed by atoms with Gasteiger partial charge >= 0.3 is 0 Å². The highest BCUT2D eigenvalue weighted by atomic mass is 19.1. The van der Waals surface area contributed by atoms with Gasteiger partial charge in [-0.25, -0.2) is 13.3 Å². The second-order valence-electron chi connectivity index (χ2n) is 7.23. The van der Waals surface area contributed by atoms with Gasteiger partial charge in [-0.3, -0.25) is 14.6 Å². The van der Waals surface area contributed by atoms with E-state index in [0.717, 1.165) is 12.1 Å². The second-order valence-corrected chi connectivity index (χ2v) is 7.23. The molecule has 4 rings (SSSR count). The van der Waals surface area contributed by atoms with E-state index in [1.807, 2.05) is 10.8 Å². The molecule has 1 saturated heterocycles. The molecule has 6 nitrogen and oxygen atoms in total. The summed E-state index contributed by atoms with van der Waals surface area (Å²) in [6, 6.07) is 9.20. The fourth-order valence-corrected chi connectivity index (χ4v) is 3.73. The number of imidazole rings is 1. The number of nitrogens with one attached hydrogen (secondary N) is 1. The van der Waals surface area contributed by atoms with E-state index in [1.54, 1.807) is 12.5 Å². The van der Waals surface area contributed by atoms with E-state index in [1.165, 1.54) is 41.3 Å². The first-order valence-corrected chi connectivity index (χ1v) is 9.75. The minimum atomic E-state index is -0.936. The summed E-state index contributed by atoms with van der Waals surface area (Å²) in [7, 11) is 0. The number of nitrogens with zero attached hydrogens (tertiary/aromatic N) is 2. The Morgan fingerprint density at radius 3 is 2.29 bits per heavy atom. The number of Topliss-reactive ketones (excluding diaryl/α,β-unsaturated/α-hetero) is 1. The van der Waals surface area contributed by atoms with Crippen LogP contribution in [0.3, 0.4) is 0 Å². The van der Waals surface area contributed by atoms with Gasteiger partial charge in [-0.05, 0) is 35.4 Å². The quantitative estimate of drug-likeness (QED) is 0.285. The first kappa shape index (κ1) is 20.5. The van der Waals surface area contributed by atoms with E-state index in [9.17, 15) is 23.5 Å². The smallest absolute Gasteiger partial charge is 0.295 e. The molecule has 1 aliphatic rings. The van der Waals surface area contributed by atoms with E-state index >= 15 is 0 Å². The number of H-pyrrole nitrogens is 1. The number of likely N-dealkylation sites (tertiary alicyclic amines) is 1. The zero-order valence-electron chi connectivity index (χ0n) is 16.4. The highest BCUT2D eigenvalue weighted by Gasteiger charge is 2.43. The number of carbonyl (C=O) groups excluding carboxylic acids is 2. The predicted molar refractivity (Wildman–Crippen MR) is 105 cm³/mol. The van der Waals surface area contributed by atoms with Crippen LogP contribution in [0.25, 0.3) is 5.76 Å². The number of aromatic amines is 1. The first-order chi connectivity index (χ1) is 15.0. The lowest BCUT2D eigenvalue weighted by Gasteiger charge is -2.27. The molecule has 0 spiro atoms. The fourth-order valence-electron chi connectivity index (χ4n) is 3.73. The van der Waals surface area contributed by atoms with Crippen LogP contribution in [0.1, 0.15) is 23.6 Å². The van der Waals surface area contributed by atoms with Crippen LogP contribution in [-0.2, 0) is 16.1 Å². The molecule has 1 unspecified atom stereocenters. The Morgan fingerprint density at radius 1 is 1.03 bits per heavy atom. The van der Waals surface area contributed by atoms with Crippen LogP contribution >= 0.6 is 0 Å². The number of aromatic nitrogens is 2. The standard InChI is InChI=1S/C23H19F2N3O3/c24-17-6-2-15(3-7-17)20-19(21(29)16-4-8-18(25)9-5-16)22(30)23(31)28(20)12-1-11-27-13-10-26-14-27/h2-10,13-14,20H,1,11-12H2,(H,29,30). The molecule has 1 aromatic heterocycles. The Morgan fingerprint density at radius 2 is 1.68 bits per heavy atom. The van der Waals surface area contributed by atoms with Crippen LogP contribution in [0.5, 0.6) is 0 Å². The third-order valence-corrected chi connectivity index (χ3v) is 5.24. The molecule has 1 aliphatic heterocycles. The van der Waals surface area contributed by atoms with Crippen molar-refractivity contribution in [3.63, 3.8) is 0 Å². The van der Waals surface area contributed by atoms with Crippen molar-refractivity contribution < 1.29 is 28.0 Å². The molecule has 0 aliphatic carbocycles. The van der Waals surface area contributed by atoms with Crippen molar-refractivity contribution in [2.24, 2.45) is 0 Å². The lowest BCUT2D eigenvalue weighted by molar-refractivity contribution is -0.695. The molecule has 31 heavy (non-hydrogen) atoms. The third kappa shape index (κ3) is 4.09. The zero-order valence-corrected chi connectivity index (χ0v) is 16.4. The first-order valence-electron chi connectivity index (χ1n) is 9.75. The number of amides is 1. The molecule has 0 saturated carbocycles. The predicted octanol–water partition coefficient (Wildman–Crippen LogP) is 1.89. The monoisotopic (exact) mass is 423 g/mol. The molecule has 1 fully saturated rings. The Labute approximate surface area is 177 Å². The number of ketones is 1. The summed E-state index contributed by atoms with van der Waals surface area (Å²) in [5.74, 6) is -3.30. The molecule has 158 valence electrons. The van der Waals surface area contributed by atoms with Gasteiger partial charge in [-0.2, -0.15) is 0 Å². The summed E-state index contributed by atoms with van der Waals surface area (Å²) < 4.78 is 28.6. The van der Waals surface area contributed by atoms with Crippen molar-refractivity contribution in [2.45, 2.75) is 19.0 Å². The normalized spacial score (nSPS) is 18.0. The lowest BCUT2D eigenvalue weighted by atomic mass is 9.95. The van der Waals surface area contributed by atoms with Gasteiger partial charge in [-0.1, -0.05) is 30.0 Å². The molecule has 1 N–H and O–H groups in total. The SMILES string of the molecule is O=C1C(=O)N(CCC[n+]2cc[nH]c2)C(c2ccc(F)cc2)C1=C([O-])c1ccc(F)cc1. The molecule has 3 aromatic rings. The maximum atomic E-state index is 13.5. The van der Waals surface area contributed by atoms with Gasteiger partial charge in [-0.15, -0.1) is 0 Å². The van der Waals surface area contributed by atoms with E-state index in [0.29, 0.717) is 18.5 Å². The topological polar surface area (TPSA) is 80.1 Å². The Kier molecular flexibility index (Phi) is 5.62. The Bertz CT molecular complexity index is 1120. The van der Waals surface area contributed by atoms with Gasteiger partial charge < -0.3 is 10.0 Å². The fraction of sp³-hybridized carbons (Fsp3) is 0.174. The van der Waals surface area contributed by atoms with Crippen LogP contribution in [0.15, 0.2) is 72.8 Å². The molecular weight excluding hydrogens is 404 g/mol. The average molecular weight is 423 g/mol. The van der Waals surface area contributed by atoms with Crippen molar-refractivity contribution in [2.75, 3.05) is 6.54 Å². The minimum absolute atomic E-state index is 0.106. The lowest BCUT2D eigenvalue weighted by Crippen LogP contribution is -2.36. The molecule has 0 bridgehead atoms. The van der Waals surface area contributed by atoms with Gasteiger partial charge in [0.2, 0.25) is 12.1 Å². The van der Waals surface area contributed by atoms with E-state index in [2.05, 4.69) is 4.98 Å². The summed E-state index contributed by atoms with van der Waals surface area (Å²) >= 11 is 0. The number of rotatable bonds is 6. The number of carbonyl (C=O) groups is 2. The number of hydrogen-bond donors (Lipinski definition) is 1. The third-order valence-electron chi connectivity index (χ3n) is 5.24. The van der Waals surface area contributed by atoms with Crippen LogP contribution in [0, 0.1) is 11.6 Å². The van der Waals surface area contributed by atoms with Crippen molar-refractivity contribution >= 4 is 17.4 Å². The largest absolute Gasteiger partial charge is 0.872 e. The average Bonchev–Trinajstić information content (AvgIpc) is 3.37.